The topological polar surface area (TPSA) is 33.9 Å². The quantitative estimate of drug-likeness (QED) is 0.156. The zero-order valence-electron chi connectivity index (χ0n) is 33.1. The standard InChI is InChI=1S/C28H30N2.C20H28N2.C2H6/c1-2-6-22(7-3-1)10-11-23-12-14-24(15-13-23)20-30-21-27(25-16-18-29-19-17-25)26-8-4-5-9-28(26)30;1-2-6-16(7-3-1)14-22-15-19(17-10-12-21-13-11-17)18-8-4-5-9-20(18)22;1-2/h1-9,12-15,21,25,29H,10-11,16-20H2;4-5,8-9,15-17,21H,1-3,6-7,10-14H2;1-2H3. The molecule has 3 aliphatic rings. The summed E-state index contributed by atoms with van der Waals surface area (Å²) in [7, 11) is 0. The first-order valence-corrected chi connectivity index (χ1v) is 21.5. The lowest BCUT2D eigenvalue weighted by molar-refractivity contribution is 0.322. The molecule has 0 amide bonds. The predicted molar refractivity (Wildman–Crippen MR) is 231 cm³/mol. The summed E-state index contributed by atoms with van der Waals surface area (Å²) in [4.78, 5) is 0. The molecule has 4 nitrogen and oxygen atoms in total. The minimum Gasteiger partial charge on any atom is -0.347 e. The van der Waals surface area contributed by atoms with E-state index < -0.39 is 0 Å². The Morgan fingerprint density at radius 2 is 0.944 bits per heavy atom. The maximum atomic E-state index is 3.50. The normalized spacial score (nSPS) is 17.1. The Morgan fingerprint density at radius 1 is 0.481 bits per heavy atom. The van der Waals surface area contributed by atoms with E-state index in [-0.39, 0.29) is 0 Å². The van der Waals surface area contributed by atoms with E-state index in [1.54, 1.807) is 5.56 Å². The molecule has 4 aromatic carbocycles. The van der Waals surface area contributed by atoms with Crippen LogP contribution in [0, 0.1) is 5.92 Å². The van der Waals surface area contributed by atoms with Crippen molar-refractivity contribution in [3.05, 3.63) is 143 Å². The van der Waals surface area contributed by atoms with Crippen LogP contribution in [0.15, 0.2) is 116 Å². The maximum absolute atomic E-state index is 3.50. The number of piperidine rings is 2. The summed E-state index contributed by atoms with van der Waals surface area (Å²) in [6, 6.07) is 38.0. The van der Waals surface area contributed by atoms with E-state index in [2.05, 4.69) is 135 Å². The molecule has 1 aliphatic carbocycles. The van der Waals surface area contributed by atoms with Gasteiger partial charge < -0.3 is 19.8 Å². The largest absolute Gasteiger partial charge is 0.347 e. The Bertz CT molecular complexity index is 1980. The van der Waals surface area contributed by atoms with Crippen molar-refractivity contribution in [1.29, 1.82) is 0 Å². The van der Waals surface area contributed by atoms with Crippen LogP contribution in [0.25, 0.3) is 21.8 Å². The molecule has 54 heavy (non-hydrogen) atoms. The first-order valence-electron chi connectivity index (χ1n) is 21.5. The number of fused-ring (bicyclic) bond motifs is 2. The van der Waals surface area contributed by atoms with E-state index >= 15 is 0 Å². The second kappa shape index (κ2) is 19.5. The third-order valence-electron chi connectivity index (χ3n) is 12.3. The van der Waals surface area contributed by atoms with Crippen molar-refractivity contribution in [3.8, 4) is 0 Å². The lowest BCUT2D eigenvalue weighted by Crippen LogP contribution is -2.26. The van der Waals surface area contributed by atoms with Gasteiger partial charge in [-0.05, 0) is 135 Å². The summed E-state index contributed by atoms with van der Waals surface area (Å²) >= 11 is 0. The summed E-state index contributed by atoms with van der Waals surface area (Å²) in [5, 5.41) is 9.94. The monoisotopic (exact) mass is 721 g/mol. The van der Waals surface area contributed by atoms with Crippen molar-refractivity contribution >= 4 is 21.8 Å². The third-order valence-corrected chi connectivity index (χ3v) is 12.3. The number of para-hydroxylation sites is 2. The Kier molecular flexibility index (Phi) is 13.8. The smallest absolute Gasteiger partial charge is 0.0486 e. The molecule has 2 N–H and O–H groups in total. The van der Waals surface area contributed by atoms with Gasteiger partial charge in [-0.3, -0.25) is 0 Å². The van der Waals surface area contributed by atoms with Crippen LogP contribution in [0.4, 0.5) is 0 Å². The van der Waals surface area contributed by atoms with Crippen LogP contribution in [0.3, 0.4) is 0 Å². The van der Waals surface area contributed by atoms with Gasteiger partial charge in [0, 0.05) is 47.3 Å². The second-order valence-corrected chi connectivity index (χ2v) is 15.8. The molecule has 0 bridgehead atoms. The molecule has 4 heterocycles. The predicted octanol–water partition coefficient (Wildman–Crippen LogP) is 11.7. The summed E-state index contributed by atoms with van der Waals surface area (Å²) in [5.74, 6) is 2.32. The van der Waals surface area contributed by atoms with Crippen LogP contribution in [0.5, 0.6) is 0 Å². The van der Waals surface area contributed by atoms with E-state index in [1.807, 2.05) is 13.8 Å². The van der Waals surface area contributed by atoms with Crippen LogP contribution in [0.2, 0.25) is 0 Å². The highest BCUT2D eigenvalue weighted by Gasteiger charge is 2.22. The van der Waals surface area contributed by atoms with Crippen LogP contribution in [-0.2, 0) is 25.9 Å². The highest BCUT2D eigenvalue weighted by molar-refractivity contribution is 5.85. The number of hydrogen-bond acceptors (Lipinski definition) is 2. The molecular weight excluding hydrogens is 657 g/mol. The number of nitrogens with zero attached hydrogens (tertiary/aromatic N) is 2. The molecule has 4 heteroatoms. The van der Waals surface area contributed by atoms with Crippen molar-refractivity contribution in [1.82, 2.24) is 19.8 Å². The minimum atomic E-state index is 0.678. The summed E-state index contributed by atoms with van der Waals surface area (Å²) < 4.78 is 5.02. The fourth-order valence-corrected chi connectivity index (χ4v) is 9.34. The lowest BCUT2D eigenvalue weighted by atomic mass is 9.89. The van der Waals surface area contributed by atoms with Gasteiger partial charge >= 0.3 is 0 Å². The van der Waals surface area contributed by atoms with E-state index in [9.17, 15) is 0 Å². The highest BCUT2D eigenvalue weighted by atomic mass is 15.0. The zero-order valence-corrected chi connectivity index (χ0v) is 33.1. The second-order valence-electron chi connectivity index (χ2n) is 15.8. The van der Waals surface area contributed by atoms with E-state index in [0.29, 0.717) is 5.92 Å². The molecule has 0 radical (unpaired) electrons. The summed E-state index contributed by atoms with van der Waals surface area (Å²) in [5.41, 5.74) is 10.2. The molecule has 0 unspecified atom stereocenters. The van der Waals surface area contributed by atoms with Crippen molar-refractivity contribution in [2.45, 2.75) is 109 Å². The molecule has 6 aromatic rings. The molecule has 2 saturated heterocycles. The Morgan fingerprint density at radius 3 is 1.52 bits per heavy atom. The third kappa shape index (κ3) is 9.57. The average molecular weight is 721 g/mol. The number of aryl methyl sites for hydroxylation is 2. The molecule has 2 aromatic heterocycles. The molecule has 284 valence electrons. The first kappa shape index (κ1) is 38.2. The van der Waals surface area contributed by atoms with Gasteiger partial charge in [0.1, 0.15) is 0 Å². The minimum absolute atomic E-state index is 0.678. The highest BCUT2D eigenvalue weighted by Crippen LogP contribution is 2.35. The Hall–Kier alpha value is -4.12. The van der Waals surface area contributed by atoms with Gasteiger partial charge in [0.05, 0.1) is 0 Å². The SMILES string of the molecule is CC.c1ccc(CCc2ccc(Cn3cc(C4CCNCC4)c4ccccc43)cc2)cc1.c1ccc2c(c1)c(C1CCNCC1)cn2CC1CCCCC1. The van der Waals surface area contributed by atoms with Gasteiger partial charge in [0.25, 0.3) is 0 Å². The number of hydrogen-bond donors (Lipinski definition) is 2. The van der Waals surface area contributed by atoms with Crippen molar-refractivity contribution in [3.63, 3.8) is 0 Å². The van der Waals surface area contributed by atoms with E-state index in [1.165, 1.54) is 121 Å². The van der Waals surface area contributed by atoms with Crippen molar-refractivity contribution in [2.24, 2.45) is 5.92 Å². The van der Waals surface area contributed by atoms with Crippen LogP contribution >= 0.6 is 0 Å². The molecular formula is C50H64N4. The fraction of sp³-hybridized carbons (Fsp3) is 0.440. The molecule has 2 aliphatic heterocycles. The van der Waals surface area contributed by atoms with Gasteiger partial charge in [-0.1, -0.05) is 124 Å². The molecule has 9 rings (SSSR count). The van der Waals surface area contributed by atoms with Gasteiger partial charge in [0.15, 0.2) is 0 Å². The number of benzene rings is 4. The van der Waals surface area contributed by atoms with E-state index in [4.69, 9.17) is 0 Å². The fourth-order valence-electron chi connectivity index (χ4n) is 9.34. The molecule has 1 saturated carbocycles. The average Bonchev–Trinajstić information content (AvgIpc) is 3.81. The first-order chi connectivity index (χ1) is 26.8. The van der Waals surface area contributed by atoms with Crippen molar-refractivity contribution < 1.29 is 0 Å². The molecule has 3 fully saturated rings. The van der Waals surface area contributed by atoms with Crippen molar-refractivity contribution in [2.75, 3.05) is 26.2 Å². The number of nitrogens with one attached hydrogen (secondary N) is 2. The lowest BCUT2D eigenvalue weighted by Gasteiger charge is -2.23. The molecule has 0 atom stereocenters. The summed E-state index contributed by atoms with van der Waals surface area (Å²) in [6.07, 6.45) is 19.3. The molecule has 0 spiro atoms. The zero-order chi connectivity index (χ0) is 37.0. The maximum Gasteiger partial charge on any atom is 0.0486 e. The number of aromatic nitrogens is 2. The number of rotatable bonds is 9. The summed E-state index contributed by atoms with van der Waals surface area (Å²) in [6.45, 7) is 10.8. The van der Waals surface area contributed by atoms with Gasteiger partial charge in [-0.2, -0.15) is 0 Å². The van der Waals surface area contributed by atoms with Gasteiger partial charge in [0.2, 0.25) is 0 Å². The van der Waals surface area contributed by atoms with Crippen LogP contribution in [0.1, 0.15) is 111 Å². The van der Waals surface area contributed by atoms with Gasteiger partial charge in [-0.15, -0.1) is 0 Å². The Labute approximate surface area is 325 Å². The van der Waals surface area contributed by atoms with Crippen LogP contribution in [-0.4, -0.2) is 35.3 Å². The van der Waals surface area contributed by atoms with E-state index in [0.717, 1.165) is 44.3 Å². The van der Waals surface area contributed by atoms with Gasteiger partial charge in [-0.25, -0.2) is 0 Å². The van der Waals surface area contributed by atoms with Crippen LogP contribution < -0.4 is 10.6 Å². The Balaban J connectivity index is 0.000000166.